The summed E-state index contributed by atoms with van der Waals surface area (Å²) >= 11 is 5.84. The van der Waals surface area contributed by atoms with Crippen LogP contribution in [0.15, 0.2) is 48.5 Å². The summed E-state index contributed by atoms with van der Waals surface area (Å²) in [5.74, 6) is 0. The molecule has 2 aromatic carbocycles. The fraction of sp³-hybridized carbons (Fsp3) is 0.200. The predicted molar refractivity (Wildman–Crippen MR) is 71.2 cm³/mol. The van der Waals surface area contributed by atoms with Crippen molar-refractivity contribution in [2.45, 2.75) is 19.4 Å². The molecule has 0 fully saturated rings. The van der Waals surface area contributed by atoms with Gasteiger partial charge in [-0.15, -0.1) is 0 Å². The Kier molecular flexibility index (Phi) is 4.18. The van der Waals surface area contributed by atoms with Gasteiger partial charge in [0.05, 0.1) is 6.61 Å². The summed E-state index contributed by atoms with van der Waals surface area (Å²) in [5.41, 5.74) is 3.49. The van der Waals surface area contributed by atoms with E-state index >= 15 is 0 Å². The average molecular weight is 247 g/mol. The largest absolute Gasteiger partial charge is 0.392 e. The molecule has 0 aliphatic carbocycles. The summed E-state index contributed by atoms with van der Waals surface area (Å²) < 4.78 is 0. The van der Waals surface area contributed by atoms with Gasteiger partial charge in [-0.1, -0.05) is 48.0 Å². The van der Waals surface area contributed by atoms with E-state index in [0.29, 0.717) is 0 Å². The molecule has 0 saturated carbocycles. The van der Waals surface area contributed by atoms with Gasteiger partial charge < -0.3 is 5.11 Å². The molecular formula is C15H15ClO. The zero-order valence-corrected chi connectivity index (χ0v) is 10.3. The van der Waals surface area contributed by atoms with Crippen molar-refractivity contribution in [2.75, 3.05) is 0 Å². The van der Waals surface area contributed by atoms with Crippen molar-refractivity contribution in [1.29, 1.82) is 0 Å². The third kappa shape index (κ3) is 3.32. The number of aryl methyl sites for hydroxylation is 2. The normalized spacial score (nSPS) is 10.5. The molecule has 0 aromatic heterocycles. The lowest BCUT2D eigenvalue weighted by Gasteiger charge is -2.07. The molecule has 0 saturated heterocycles. The van der Waals surface area contributed by atoms with Crippen LogP contribution in [0.2, 0.25) is 5.02 Å². The molecule has 2 rings (SSSR count). The lowest BCUT2D eigenvalue weighted by atomic mass is 10.0. The standard InChI is InChI=1S/C15H15ClO/c16-15-9-6-12(7-10-15)5-8-13-3-1-2-4-14(13)11-17/h1-4,6-7,9-10,17H,5,8,11H2. The van der Waals surface area contributed by atoms with Gasteiger partial charge in [-0.3, -0.25) is 0 Å². The van der Waals surface area contributed by atoms with Crippen LogP contribution in [0.1, 0.15) is 16.7 Å². The van der Waals surface area contributed by atoms with Crippen LogP contribution in [0.4, 0.5) is 0 Å². The SMILES string of the molecule is OCc1ccccc1CCc1ccc(Cl)cc1. The molecule has 0 aliphatic heterocycles. The number of aliphatic hydroxyl groups excluding tert-OH is 1. The van der Waals surface area contributed by atoms with Crippen molar-refractivity contribution in [3.63, 3.8) is 0 Å². The highest BCUT2D eigenvalue weighted by Crippen LogP contribution is 2.14. The second-order valence-corrected chi connectivity index (χ2v) is 4.49. The first-order chi connectivity index (χ1) is 8.29. The second kappa shape index (κ2) is 5.85. The summed E-state index contributed by atoms with van der Waals surface area (Å²) in [6.45, 7) is 0.108. The summed E-state index contributed by atoms with van der Waals surface area (Å²) in [7, 11) is 0. The molecule has 0 radical (unpaired) electrons. The Morgan fingerprint density at radius 2 is 1.47 bits per heavy atom. The number of halogens is 1. The molecule has 0 bridgehead atoms. The molecule has 0 unspecified atom stereocenters. The Bertz CT molecular complexity index is 477. The lowest BCUT2D eigenvalue weighted by Crippen LogP contribution is -1.96. The van der Waals surface area contributed by atoms with Gasteiger partial charge in [-0.25, -0.2) is 0 Å². The molecule has 0 atom stereocenters. The van der Waals surface area contributed by atoms with Crippen molar-refractivity contribution in [2.24, 2.45) is 0 Å². The molecule has 2 aromatic rings. The smallest absolute Gasteiger partial charge is 0.0684 e. The first-order valence-electron chi connectivity index (χ1n) is 5.71. The highest BCUT2D eigenvalue weighted by atomic mass is 35.5. The maximum absolute atomic E-state index is 9.23. The van der Waals surface area contributed by atoms with E-state index in [2.05, 4.69) is 6.07 Å². The zero-order valence-electron chi connectivity index (χ0n) is 9.57. The van der Waals surface area contributed by atoms with Gasteiger partial charge in [-0.05, 0) is 41.7 Å². The summed E-state index contributed by atoms with van der Waals surface area (Å²) in [4.78, 5) is 0. The van der Waals surface area contributed by atoms with Crippen molar-refractivity contribution in [1.82, 2.24) is 0 Å². The maximum atomic E-state index is 9.23. The number of rotatable bonds is 4. The minimum atomic E-state index is 0.108. The van der Waals surface area contributed by atoms with Crippen LogP contribution in [0.5, 0.6) is 0 Å². The van der Waals surface area contributed by atoms with E-state index in [1.165, 1.54) is 11.1 Å². The second-order valence-electron chi connectivity index (χ2n) is 4.05. The topological polar surface area (TPSA) is 20.2 Å². The number of hydrogen-bond donors (Lipinski definition) is 1. The number of hydrogen-bond acceptors (Lipinski definition) is 1. The van der Waals surface area contributed by atoms with Crippen molar-refractivity contribution < 1.29 is 5.11 Å². The Morgan fingerprint density at radius 3 is 2.12 bits per heavy atom. The van der Waals surface area contributed by atoms with Crippen LogP contribution >= 0.6 is 11.6 Å². The van der Waals surface area contributed by atoms with Crippen LogP contribution in [-0.2, 0) is 19.4 Å². The van der Waals surface area contributed by atoms with Gasteiger partial charge in [-0.2, -0.15) is 0 Å². The molecule has 1 N–H and O–H groups in total. The quantitative estimate of drug-likeness (QED) is 0.874. The number of benzene rings is 2. The van der Waals surface area contributed by atoms with Gasteiger partial charge in [0.2, 0.25) is 0 Å². The molecule has 2 heteroatoms. The van der Waals surface area contributed by atoms with Crippen LogP contribution < -0.4 is 0 Å². The van der Waals surface area contributed by atoms with Gasteiger partial charge in [0.15, 0.2) is 0 Å². The van der Waals surface area contributed by atoms with Gasteiger partial charge in [0.25, 0.3) is 0 Å². The monoisotopic (exact) mass is 246 g/mol. The molecule has 0 aliphatic rings. The summed E-state index contributed by atoms with van der Waals surface area (Å²) in [6, 6.07) is 15.9. The van der Waals surface area contributed by atoms with E-state index in [1.807, 2.05) is 42.5 Å². The van der Waals surface area contributed by atoms with Gasteiger partial charge in [0, 0.05) is 5.02 Å². The van der Waals surface area contributed by atoms with Crippen LogP contribution in [0.25, 0.3) is 0 Å². The molecule has 0 spiro atoms. The minimum Gasteiger partial charge on any atom is -0.392 e. The van der Waals surface area contributed by atoms with E-state index in [4.69, 9.17) is 11.6 Å². The zero-order chi connectivity index (χ0) is 12.1. The Labute approximate surface area is 107 Å². The fourth-order valence-corrected chi connectivity index (χ4v) is 2.01. The third-order valence-corrected chi connectivity index (χ3v) is 3.14. The fourth-order valence-electron chi connectivity index (χ4n) is 1.89. The van der Waals surface area contributed by atoms with Crippen molar-refractivity contribution in [3.05, 3.63) is 70.2 Å². The van der Waals surface area contributed by atoms with Crippen molar-refractivity contribution in [3.8, 4) is 0 Å². The minimum absolute atomic E-state index is 0.108. The molecule has 0 heterocycles. The summed E-state index contributed by atoms with van der Waals surface area (Å²) in [6.07, 6.45) is 1.91. The van der Waals surface area contributed by atoms with E-state index < -0.39 is 0 Å². The van der Waals surface area contributed by atoms with Crippen LogP contribution in [0, 0.1) is 0 Å². The van der Waals surface area contributed by atoms with E-state index in [0.717, 1.165) is 23.4 Å². The van der Waals surface area contributed by atoms with E-state index in [-0.39, 0.29) is 6.61 Å². The van der Waals surface area contributed by atoms with E-state index in [9.17, 15) is 5.11 Å². The van der Waals surface area contributed by atoms with Crippen LogP contribution in [-0.4, -0.2) is 5.11 Å². The van der Waals surface area contributed by atoms with Crippen LogP contribution in [0.3, 0.4) is 0 Å². The Hall–Kier alpha value is -1.31. The first-order valence-corrected chi connectivity index (χ1v) is 6.09. The van der Waals surface area contributed by atoms with E-state index in [1.54, 1.807) is 0 Å². The summed E-state index contributed by atoms with van der Waals surface area (Å²) in [5, 5.41) is 10.0. The predicted octanol–water partition coefficient (Wildman–Crippen LogP) is 3.62. The number of aliphatic hydroxyl groups is 1. The lowest BCUT2D eigenvalue weighted by molar-refractivity contribution is 0.280. The van der Waals surface area contributed by atoms with Gasteiger partial charge in [0.1, 0.15) is 0 Å². The highest BCUT2D eigenvalue weighted by molar-refractivity contribution is 6.30. The molecule has 88 valence electrons. The molecule has 1 nitrogen and oxygen atoms in total. The Balaban J connectivity index is 2.04. The maximum Gasteiger partial charge on any atom is 0.0684 e. The highest BCUT2D eigenvalue weighted by Gasteiger charge is 2.01. The molecule has 17 heavy (non-hydrogen) atoms. The molecular weight excluding hydrogens is 232 g/mol. The van der Waals surface area contributed by atoms with Crippen molar-refractivity contribution >= 4 is 11.6 Å². The first kappa shape index (κ1) is 12.2. The Morgan fingerprint density at radius 1 is 0.824 bits per heavy atom. The average Bonchev–Trinajstić information content (AvgIpc) is 2.38. The van der Waals surface area contributed by atoms with Gasteiger partial charge >= 0.3 is 0 Å². The third-order valence-electron chi connectivity index (χ3n) is 2.89. The molecule has 0 amide bonds.